The molecule has 0 bridgehead atoms. The maximum Gasteiger partial charge on any atom is 0.251 e. The van der Waals surface area contributed by atoms with Crippen LogP contribution in [0.5, 0.6) is 11.5 Å². The fourth-order valence-corrected chi connectivity index (χ4v) is 12.4. The largest absolute Gasteiger partial charge is 0.491 e. The second-order valence-corrected chi connectivity index (χ2v) is 22.0. The smallest absolute Gasteiger partial charge is 0.251 e. The van der Waals surface area contributed by atoms with E-state index < -0.39 is 6.04 Å². The summed E-state index contributed by atoms with van der Waals surface area (Å²) in [6, 6.07) is 25.6. The number of thiazole rings is 1. The number of aromatic nitrogens is 1. The van der Waals surface area contributed by atoms with Gasteiger partial charge in [0, 0.05) is 63.6 Å². The fraction of sp³-hybridized carbons (Fsp3) is 0.491. The molecule has 3 atom stereocenters. The zero-order valence-corrected chi connectivity index (χ0v) is 44.5. The third-order valence-corrected chi connectivity index (χ3v) is 16.3. The van der Waals surface area contributed by atoms with Crippen molar-refractivity contribution in [1.29, 1.82) is 5.26 Å². The standard InChI is InChI=1S/C57H70ClN7O7S/c1-36(60-6)50(66)63-49(37-13-8-7-9-14-37)53(68)65-27-12-17-47(65)52-62-46(35-73-52)43-24-25-48(44-16-11-10-15-42(43)44)71-32-31-70-30-29-69-28-26-61-40-21-18-38(19-22-40)51(67)64-54-56(2,3)55(57(54,4)5)72-41-23-20-39(34-59)45(58)33-41/h10-11,15-16,18-25,33,35-37,47,49,54-55,60-61H,7-9,12-14,17,26-32H2,1-6H3,(H,63,66)(H,64,67)/t36-,47-,49-,54?,55?/m0/s1. The lowest BCUT2D eigenvalue weighted by molar-refractivity contribution is -0.164. The van der Waals surface area contributed by atoms with Crippen LogP contribution in [0.3, 0.4) is 0 Å². The topological polar surface area (TPSA) is 176 Å². The molecule has 1 aromatic heterocycles. The van der Waals surface area contributed by atoms with Crippen molar-refractivity contribution in [2.75, 3.05) is 58.5 Å². The van der Waals surface area contributed by atoms with Crippen LogP contribution in [-0.4, -0.2) is 105 Å². The molecule has 3 aliphatic rings. The minimum atomic E-state index is -0.531. The molecule has 4 aromatic carbocycles. The van der Waals surface area contributed by atoms with E-state index in [1.165, 1.54) is 6.42 Å². The highest BCUT2D eigenvalue weighted by Crippen LogP contribution is 2.55. The van der Waals surface area contributed by atoms with Gasteiger partial charge in [-0.05, 0) is 99.5 Å². The van der Waals surface area contributed by atoms with Crippen LogP contribution >= 0.6 is 22.9 Å². The van der Waals surface area contributed by atoms with Gasteiger partial charge >= 0.3 is 0 Å². The number of fused-ring (bicyclic) bond motifs is 1. The van der Waals surface area contributed by atoms with E-state index in [0.717, 1.165) is 77.0 Å². The van der Waals surface area contributed by atoms with Gasteiger partial charge in [0.2, 0.25) is 11.8 Å². The summed E-state index contributed by atoms with van der Waals surface area (Å²) < 4.78 is 24.3. The van der Waals surface area contributed by atoms with Gasteiger partial charge in [0.1, 0.15) is 41.3 Å². The number of hydrogen-bond acceptors (Lipinski definition) is 12. The van der Waals surface area contributed by atoms with E-state index in [9.17, 15) is 19.6 Å². The van der Waals surface area contributed by atoms with Crippen LogP contribution in [-0.2, 0) is 19.1 Å². The molecule has 0 unspecified atom stereocenters. The second-order valence-electron chi connectivity index (χ2n) is 20.7. The van der Waals surface area contributed by atoms with E-state index in [-0.39, 0.29) is 58.7 Å². The highest BCUT2D eigenvalue weighted by Gasteiger charge is 2.64. The highest BCUT2D eigenvalue weighted by molar-refractivity contribution is 7.10. The number of likely N-dealkylation sites (N-methyl/N-ethyl adjacent to an activating group) is 1. The quantitative estimate of drug-likeness (QED) is 0.0486. The Hall–Kier alpha value is -5.76. The van der Waals surface area contributed by atoms with Gasteiger partial charge in [-0.1, -0.05) is 82.8 Å². The van der Waals surface area contributed by atoms with Crippen LogP contribution in [0, 0.1) is 28.1 Å². The summed E-state index contributed by atoms with van der Waals surface area (Å²) in [5, 5.41) is 27.4. The Kier molecular flexibility index (Phi) is 17.6. The summed E-state index contributed by atoms with van der Waals surface area (Å²) in [6.45, 7) is 13.5. The molecule has 4 N–H and O–H groups in total. The van der Waals surface area contributed by atoms with E-state index in [2.05, 4.69) is 78.6 Å². The molecule has 388 valence electrons. The number of halogens is 1. The molecule has 0 spiro atoms. The van der Waals surface area contributed by atoms with Gasteiger partial charge in [0.15, 0.2) is 0 Å². The summed E-state index contributed by atoms with van der Waals surface area (Å²) in [4.78, 5) is 47.9. The van der Waals surface area contributed by atoms with Gasteiger partial charge in [0.25, 0.3) is 5.91 Å². The highest BCUT2D eigenvalue weighted by atomic mass is 35.5. The zero-order valence-electron chi connectivity index (χ0n) is 42.9. The first kappa shape index (κ1) is 53.5. The normalized spacial score (nSPS) is 20.1. The minimum absolute atomic E-state index is 0.0127. The number of amides is 3. The van der Waals surface area contributed by atoms with E-state index >= 15 is 0 Å². The number of likely N-dealkylation sites (tertiary alicyclic amines) is 1. The second kappa shape index (κ2) is 24.1. The van der Waals surface area contributed by atoms with Crippen molar-refractivity contribution < 1.29 is 33.3 Å². The summed E-state index contributed by atoms with van der Waals surface area (Å²) >= 11 is 7.84. The fourth-order valence-electron chi connectivity index (χ4n) is 11.3. The zero-order chi connectivity index (χ0) is 51.7. The molecule has 8 rings (SSSR count). The summed E-state index contributed by atoms with van der Waals surface area (Å²) in [5.74, 6) is 1.22. The van der Waals surface area contributed by atoms with Crippen molar-refractivity contribution in [3.63, 3.8) is 0 Å². The molecule has 73 heavy (non-hydrogen) atoms. The van der Waals surface area contributed by atoms with Gasteiger partial charge in [-0.3, -0.25) is 14.4 Å². The van der Waals surface area contributed by atoms with Gasteiger partial charge in [-0.15, -0.1) is 11.3 Å². The molecule has 1 aliphatic heterocycles. The monoisotopic (exact) mass is 1030 g/mol. The number of anilines is 1. The van der Waals surface area contributed by atoms with Gasteiger partial charge in [0.05, 0.1) is 54.8 Å². The number of nitrogens with zero attached hydrogens (tertiary/aromatic N) is 3. The number of hydrogen-bond donors (Lipinski definition) is 4. The van der Waals surface area contributed by atoms with Crippen molar-refractivity contribution in [3.8, 4) is 28.8 Å². The average molecular weight is 1030 g/mol. The Morgan fingerprint density at radius 3 is 2.30 bits per heavy atom. The molecule has 1 saturated heterocycles. The third kappa shape index (κ3) is 12.3. The number of carbonyl (C=O) groups excluding carboxylic acids is 3. The molecule has 2 saturated carbocycles. The molecule has 14 nitrogen and oxygen atoms in total. The summed E-state index contributed by atoms with van der Waals surface area (Å²) in [7, 11) is 1.76. The lowest BCUT2D eigenvalue weighted by Gasteiger charge is -2.63. The van der Waals surface area contributed by atoms with Crippen molar-refractivity contribution in [2.45, 2.75) is 110 Å². The number of rotatable bonds is 22. The van der Waals surface area contributed by atoms with Crippen LogP contribution in [0.25, 0.3) is 22.0 Å². The van der Waals surface area contributed by atoms with Crippen LogP contribution in [0.4, 0.5) is 5.69 Å². The first-order chi connectivity index (χ1) is 35.2. The number of ether oxygens (including phenoxy) is 4. The van der Waals surface area contributed by atoms with Gasteiger partial charge in [-0.25, -0.2) is 4.98 Å². The SMILES string of the molecule is CN[C@@H](C)C(=O)N[C@H](C(=O)N1CCC[C@H]1c1nc(-c2ccc(OCCOCCOCCNc3ccc(C(=O)NC4C(C)(C)C(Oc5ccc(C#N)c(Cl)c5)C4(C)C)cc3)c3ccccc23)cs1)C1CCCCC1. The molecular weight excluding hydrogens is 962 g/mol. The van der Waals surface area contributed by atoms with Crippen molar-refractivity contribution >= 4 is 57.1 Å². The minimum Gasteiger partial charge on any atom is -0.491 e. The van der Waals surface area contributed by atoms with Crippen LogP contribution < -0.4 is 30.7 Å². The predicted octanol–water partition coefficient (Wildman–Crippen LogP) is 9.96. The number of nitriles is 1. The molecule has 2 heterocycles. The molecule has 2 aliphatic carbocycles. The van der Waals surface area contributed by atoms with Gasteiger partial charge < -0.3 is 45.1 Å². The number of nitrogens with one attached hydrogen (secondary N) is 4. The van der Waals surface area contributed by atoms with Crippen molar-refractivity contribution in [1.82, 2.24) is 25.8 Å². The summed E-state index contributed by atoms with van der Waals surface area (Å²) in [5.41, 5.74) is 3.00. The first-order valence-electron chi connectivity index (χ1n) is 25.8. The van der Waals surface area contributed by atoms with Crippen molar-refractivity contribution in [2.24, 2.45) is 16.7 Å². The lowest BCUT2D eigenvalue weighted by Crippen LogP contribution is -2.74. The average Bonchev–Trinajstić information content (AvgIpc) is 4.10. The van der Waals surface area contributed by atoms with Crippen LogP contribution in [0.1, 0.15) is 107 Å². The predicted molar refractivity (Wildman–Crippen MR) is 287 cm³/mol. The van der Waals surface area contributed by atoms with Crippen molar-refractivity contribution in [3.05, 3.63) is 105 Å². The molecule has 5 aromatic rings. The van der Waals surface area contributed by atoms with Crippen LogP contribution in [0.15, 0.2) is 84.2 Å². The molecular formula is C57H70ClN7O7S. The maximum absolute atomic E-state index is 14.3. The number of benzene rings is 4. The molecule has 0 radical (unpaired) electrons. The van der Waals surface area contributed by atoms with E-state index in [4.69, 9.17) is 35.5 Å². The lowest BCUT2D eigenvalue weighted by atomic mass is 9.49. The van der Waals surface area contributed by atoms with Gasteiger partial charge in [-0.2, -0.15) is 5.26 Å². The Balaban J connectivity index is 0.750. The Labute approximate surface area is 438 Å². The van der Waals surface area contributed by atoms with E-state index in [1.54, 1.807) is 36.6 Å². The Morgan fingerprint density at radius 1 is 0.877 bits per heavy atom. The number of carbonyl (C=O) groups is 3. The summed E-state index contributed by atoms with van der Waals surface area (Å²) in [6.07, 6.45) is 6.78. The Bertz CT molecular complexity index is 2740. The van der Waals surface area contributed by atoms with E-state index in [1.807, 2.05) is 54.3 Å². The Morgan fingerprint density at radius 2 is 1.59 bits per heavy atom. The van der Waals surface area contributed by atoms with E-state index in [0.29, 0.717) is 68.0 Å². The molecule has 3 amide bonds. The maximum atomic E-state index is 14.3. The first-order valence-corrected chi connectivity index (χ1v) is 27.0. The third-order valence-electron chi connectivity index (χ3n) is 15.0. The van der Waals surface area contributed by atoms with Crippen LogP contribution in [0.2, 0.25) is 5.02 Å². The molecule has 16 heteroatoms. The molecule has 3 fully saturated rings.